The predicted octanol–water partition coefficient (Wildman–Crippen LogP) is 2.53. The zero-order valence-electron chi connectivity index (χ0n) is 12.0. The lowest BCUT2D eigenvalue weighted by atomic mass is 10.1. The van der Waals surface area contributed by atoms with Crippen LogP contribution in [0.5, 0.6) is 0 Å². The summed E-state index contributed by atoms with van der Waals surface area (Å²) >= 11 is 0. The van der Waals surface area contributed by atoms with Gasteiger partial charge in [-0.05, 0) is 25.0 Å². The highest BCUT2D eigenvalue weighted by Gasteiger charge is 2.31. The summed E-state index contributed by atoms with van der Waals surface area (Å²) in [6.07, 6.45) is 5.66. The number of amides is 1. The van der Waals surface area contributed by atoms with E-state index in [0.29, 0.717) is 24.0 Å². The molecule has 21 heavy (non-hydrogen) atoms. The van der Waals surface area contributed by atoms with Crippen LogP contribution in [0.1, 0.15) is 53.9 Å². The molecular weight excluding hydrogens is 268 g/mol. The third kappa shape index (κ3) is 2.94. The first-order chi connectivity index (χ1) is 10.3. The third-order valence-electron chi connectivity index (χ3n) is 3.74. The molecule has 0 radical (unpaired) electrons. The van der Waals surface area contributed by atoms with Gasteiger partial charge in [-0.2, -0.15) is 4.98 Å². The van der Waals surface area contributed by atoms with Gasteiger partial charge in [0.2, 0.25) is 5.89 Å². The summed E-state index contributed by atoms with van der Waals surface area (Å²) in [5.41, 5.74) is 0.463. The van der Waals surface area contributed by atoms with Gasteiger partial charge in [0, 0.05) is 19.7 Å². The van der Waals surface area contributed by atoms with Gasteiger partial charge >= 0.3 is 0 Å². The molecule has 6 nitrogen and oxygen atoms in total. The summed E-state index contributed by atoms with van der Waals surface area (Å²) in [6.45, 7) is 2.46. The van der Waals surface area contributed by atoms with Crippen molar-refractivity contribution in [3.05, 3.63) is 41.8 Å². The maximum atomic E-state index is 12.7. The molecular formula is C15H18N4O2. The number of rotatable bonds is 2. The topological polar surface area (TPSA) is 72.1 Å². The highest BCUT2D eigenvalue weighted by Crippen LogP contribution is 2.29. The average molecular weight is 286 g/mol. The lowest BCUT2D eigenvalue weighted by molar-refractivity contribution is 0.0664. The van der Waals surface area contributed by atoms with Crippen LogP contribution >= 0.6 is 0 Å². The van der Waals surface area contributed by atoms with Crippen molar-refractivity contribution in [1.29, 1.82) is 0 Å². The second kappa shape index (κ2) is 6.03. The Balaban J connectivity index is 1.90. The van der Waals surface area contributed by atoms with Crippen LogP contribution in [-0.4, -0.2) is 32.5 Å². The van der Waals surface area contributed by atoms with Crippen LogP contribution in [0.25, 0.3) is 0 Å². The predicted molar refractivity (Wildman–Crippen MR) is 75.5 cm³/mol. The zero-order valence-corrected chi connectivity index (χ0v) is 12.0. The van der Waals surface area contributed by atoms with Crippen molar-refractivity contribution in [2.75, 3.05) is 6.54 Å². The van der Waals surface area contributed by atoms with E-state index < -0.39 is 0 Å². The molecule has 0 spiro atoms. The van der Waals surface area contributed by atoms with Gasteiger partial charge in [-0.15, -0.1) is 0 Å². The lowest BCUT2D eigenvalue weighted by Crippen LogP contribution is -2.35. The van der Waals surface area contributed by atoms with E-state index in [4.69, 9.17) is 4.52 Å². The molecule has 2 aromatic rings. The van der Waals surface area contributed by atoms with Gasteiger partial charge in [0.15, 0.2) is 5.82 Å². The Morgan fingerprint density at radius 3 is 2.95 bits per heavy atom. The number of aryl methyl sites for hydroxylation is 1. The van der Waals surface area contributed by atoms with Crippen molar-refractivity contribution in [2.24, 2.45) is 0 Å². The van der Waals surface area contributed by atoms with Gasteiger partial charge in [-0.3, -0.25) is 9.78 Å². The monoisotopic (exact) mass is 286 g/mol. The minimum Gasteiger partial charge on any atom is -0.340 e. The molecule has 1 aliphatic rings. The van der Waals surface area contributed by atoms with E-state index in [0.717, 1.165) is 25.7 Å². The summed E-state index contributed by atoms with van der Waals surface area (Å²) in [5.74, 6) is 1.06. The smallest absolute Gasteiger partial charge is 0.273 e. The number of carbonyl (C=O) groups excluding carboxylic acids is 1. The number of carbonyl (C=O) groups is 1. The molecule has 0 N–H and O–H groups in total. The molecule has 3 rings (SSSR count). The van der Waals surface area contributed by atoms with Crippen molar-refractivity contribution >= 4 is 5.91 Å². The highest BCUT2D eigenvalue weighted by atomic mass is 16.5. The normalized spacial score (nSPS) is 19.3. The Morgan fingerprint density at radius 2 is 2.24 bits per heavy atom. The van der Waals surface area contributed by atoms with Crippen LogP contribution in [0.4, 0.5) is 0 Å². The molecule has 1 unspecified atom stereocenters. The number of pyridine rings is 1. The molecule has 6 heteroatoms. The Kier molecular flexibility index (Phi) is 3.94. The quantitative estimate of drug-likeness (QED) is 0.848. The van der Waals surface area contributed by atoms with Crippen LogP contribution in [0.3, 0.4) is 0 Å². The van der Waals surface area contributed by atoms with E-state index in [1.165, 1.54) is 0 Å². The second-order valence-corrected chi connectivity index (χ2v) is 5.25. The first-order valence-corrected chi connectivity index (χ1v) is 7.28. The summed E-state index contributed by atoms with van der Waals surface area (Å²) < 4.78 is 5.08. The zero-order chi connectivity index (χ0) is 14.7. The summed E-state index contributed by atoms with van der Waals surface area (Å²) in [7, 11) is 0. The summed E-state index contributed by atoms with van der Waals surface area (Å²) in [4.78, 5) is 23.0. The van der Waals surface area contributed by atoms with Gasteiger partial charge in [0.05, 0.1) is 6.04 Å². The van der Waals surface area contributed by atoms with E-state index >= 15 is 0 Å². The SMILES string of the molecule is Cc1nc(C2CCCCCN2C(=O)c2ccccn2)no1. The molecule has 0 aromatic carbocycles. The number of likely N-dealkylation sites (tertiary alicyclic amines) is 1. The fourth-order valence-electron chi connectivity index (χ4n) is 2.71. The molecule has 2 aromatic heterocycles. The minimum atomic E-state index is -0.126. The summed E-state index contributed by atoms with van der Waals surface area (Å²) in [6, 6.07) is 5.25. The molecule has 110 valence electrons. The van der Waals surface area contributed by atoms with Gasteiger partial charge in [-0.25, -0.2) is 0 Å². The molecule has 1 amide bonds. The van der Waals surface area contributed by atoms with Crippen LogP contribution in [0.15, 0.2) is 28.9 Å². The van der Waals surface area contributed by atoms with Crippen LogP contribution in [-0.2, 0) is 0 Å². The lowest BCUT2D eigenvalue weighted by Gasteiger charge is -2.27. The van der Waals surface area contributed by atoms with E-state index in [-0.39, 0.29) is 11.9 Å². The molecule has 0 bridgehead atoms. The van der Waals surface area contributed by atoms with Gasteiger partial charge < -0.3 is 9.42 Å². The molecule has 0 saturated carbocycles. The number of nitrogens with zero attached hydrogens (tertiary/aromatic N) is 4. The fraction of sp³-hybridized carbons (Fsp3) is 0.467. The Morgan fingerprint density at radius 1 is 1.33 bits per heavy atom. The Labute approximate surface area is 123 Å². The molecule has 0 aliphatic carbocycles. The first kappa shape index (κ1) is 13.7. The molecule has 1 saturated heterocycles. The molecule has 1 aliphatic heterocycles. The van der Waals surface area contributed by atoms with E-state index in [1.807, 2.05) is 11.0 Å². The van der Waals surface area contributed by atoms with Crippen molar-refractivity contribution in [2.45, 2.75) is 38.6 Å². The van der Waals surface area contributed by atoms with Crippen LogP contribution < -0.4 is 0 Å². The minimum absolute atomic E-state index is 0.0649. The van der Waals surface area contributed by atoms with Crippen molar-refractivity contribution < 1.29 is 9.32 Å². The van der Waals surface area contributed by atoms with E-state index in [9.17, 15) is 4.79 Å². The summed E-state index contributed by atoms with van der Waals surface area (Å²) in [5, 5.41) is 4.01. The molecule has 1 fully saturated rings. The number of hydrogen-bond donors (Lipinski definition) is 0. The first-order valence-electron chi connectivity index (χ1n) is 7.28. The Bertz CT molecular complexity index is 611. The van der Waals surface area contributed by atoms with Gasteiger partial charge in [0.1, 0.15) is 5.69 Å². The maximum absolute atomic E-state index is 12.7. The largest absolute Gasteiger partial charge is 0.340 e. The van der Waals surface area contributed by atoms with Crippen molar-refractivity contribution in [3.8, 4) is 0 Å². The van der Waals surface area contributed by atoms with E-state index in [1.54, 1.807) is 25.3 Å². The fourth-order valence-corrected chi connectivity index (χ4v) is 2.71. The van der Waals surface area contributed by atoms with Crippen LogP contribution in [0.2, 0.25) is 0 Å². The second-order valence-electron chi connectivity index (χ2n) is 5.25. The maximum Gasteiger partial charge on any atom is 0.273 e. The standard InChI is InChI=1S/C15H18N4O2/c1-11-17-14(18-21-11)13-8-3-2-6-10-19(13)15(20)12-7-4-5-9-16-12/h4-5,7,9,13H,2-3,6,8,10H2,1H3. The highest BCUT2D eigenvalue weighted by molar-refractivity contribution is 5.92. The van der Waals surface area contributed by atoms with Gasteiger partial charge in [-0.1, -0.05) is 24.1 Å². The van der Waals surface area contributed by atoms with E-state index in [2.05, 4.69) is 15.1 Å². The number of aromatic nitrogens is 3. The van der Waals surface area contributed by atoms with Crippen molar-refractivity contribution in [1.82, 2.24) is 20.0 Å². The Hall–Kier alpha value is -2.24. The molecule has 1 atom stereocenters. The van der Waals surface area contributed by atoms with Gasteiger partial charge in [0.25, 0.3) is 5.91 Å². The average Bonchev–Trinajstić information content (AvgIpc) is 2.80. The molecule has 3 heterocycles. The van der Waals surface area contributed by atoms with Crippen molar-refractivity contribution in [3.63, 3.8) is 0 Å². The van der Waals surface area contributed by atoms with Crippen LogP contribution in [0, 0.1) is 6.92 Å². The third-order valence-corrected chi connectivity index (χ3v) is 3.74. The number of hydrogen-bond acceptors (Lipinski definition) is 5.